The fourth-order valence-corrected chi connectivity index (χ4v) is 2.00. The summed E-state index contributed by atoms with van der Waals surface area (Å²) in [4.78, 5) is 8.30. The maximum Gasteiger partial charge on any atom is 0.122 e. The number of methoxy groups -OCH3 is 1. The molecule has 1 aromatic carbocycles. The van der Waals surface area contributed by atoms with Crippen LogP contribution in [0.15, 0.2) is 30.7 Å². The molecule has 0 spiro atoms. The van der Waals surface area contributed by atoms with Crippen LogP contribution < -0.4 is 10.5 Å². The highest BCUT2D eigenvalue weighted by atomic mass is 16.5. The van der Waals surface area contributed by atoms with Crippen molar-refractivity contribution in [1.82, 2.24) is 9.97 Å². The average Bonchev–Trinajstić information content (AvgIpc) is 2.41. The largest absolute Gasteiger partial charge is 0.496 e. The van der Waals surface area contributed by atoms with Crippen LogP contribution in [0, 0.1) is 13.8 Å². The summed E-state index contributed by atoms with van der Waals surface area (Å²) in [5.41, 5.74) is 10.2. The fraction of sp³-hybridized carbons (Fsp3) is 0.286. The molecule has 18 heavy (non-hydrogen) atoms. The van der Waals surface area contributed by atoms with Crippen molar-refractivity contribution in [2.75, 3.05) is 7.11 Å². The van der Waals surface area contributed by atoms with E-state index in [1.807, 2.05) is 26.0 Å². The minimum atomic E-state index is -0.261. The van der Waals surface area contributed by atoms with Gasteiger partial charge in [-0.15, -0.1) is 0 Å². The van der Waals surface area contributed by atoms with Crippen molar-refractivity contribution in [3.05, 3.63) is 53.1 Å². The Balaban J connectivity index is 2.43. The first-order chi connectivity index (χ1) is 8.63. The van der Waals surface area contributed by atoms with Crippen LogP contribution in [0.2, 0.25) is 0 Å². The first-order valence-corrected chi connectivity index (χ1v) is 5.80. The van der Waals surface area contributed by atoms with Gasteiger partial charge in [-0.25, -0.2) is 0 Å². The van der Waals surface area contributed by atoms with E-state index in [0.717, 1.165) is 28.1 Å². The van der Waals surface area contributed by atoms with Gasteiger partial charge in [-0.3, -0.25) is 9.97 Å². The van der Waals surface area contributed by atoms with Crippen LogP contribution in [-0.4, -0.2) is 17.1 Å². The van der Waals surface area contributed by atoms with E-state index in [-0.39, 0.29) is 6.04 Å². The van der Waals surface area contributed by atoms with Gasteiger partial charge in [-0.05, 0) is 36.6 Å². The molecule has 4 heteroatoms. The zero-order valence-electron chi connectivity index (χ0n) is 10.8. The normalized spacial score (nSPS) is 12.2. The Labute approximate surface area is 107 Å². The van der Waals surface area contributed by atoms with Gasteiger partial charge in [-0.1, -0.05) is 6.07 Å². The number of nitrogens with two attached hydrogens (primary N) is 1. The molecule has 1 heterocycles. The number of ether oxygens (including phenoxy) is 1. The van der Waals surface area contributed by atoms with E-state index >= 15 is 0 Å². The zero-order valence-corrected chi connectivity index (χ0v) is 10.8. The monoisotopic (exact) mass is 243 g/mol. The molecule has 2 aromatic rings. The Bertz CT molecular complexity index is 540. The molecule has 94 valence electrons. The Morgan fingerprint density at radius 3 is 2.56 bits per heavy atom. The highest BCUT2D eigenvalue weighted by Crippen LogP contribution is 2.27. The number of rotatable bonds is 3. The Morgan fingerprint density at radius 1 is 1.17 bits per heavy atom. The van der Waals surface area contributed by atoms with Gasteiger partial charge in [0, 0.05) is 12.4 Å². The molecule has 0 aliphatic heterocycles. The quantitative estimate of drug-likeness (QED) is 0.897. The lowest BCUT2D eigenvalue weighted by Crippen LogP contribution is -2.15. The second-order valence-corrected chi connectivity index (χ2v) is 4.29. The van der Waals surface area contributed by atoms with Crippen LogP contribution in [0.4, 0.5) is 0 Å². The summed E-state index contributed by atoms with van der Waals surface area (Å²) in [5, 5.41) is 0. The second-order valence-electron chi connectivity index (χ2n) is 4.29. The van der Waals surface area contributed by atoms with Gasteiger partial charge in [0.15, 0.2) is 0 Å². The molecule has 0 amide bonds. The third-order valence-electron chi connectivity index (χ3n) is 3.02. The van der Waals surface area contributed by atoms with Crippen molar-refractivity contribution < 1.29 is 4.74 Å². The van der Waals surface area contributed by atoms with Gasteiger partial charge in [0.25, 0.3) is 0 Å². The molecule has 0 aliphatic rings. The predicted octanol–water partition coefficient (Wildman–Crippen LogP) is 2.15. The summed E-state index contributed by atoms with van der Waals surface area (Å²) in [6.07, 6.45) is 4.99. The van der Waals surface area contributed by atoms with Gasteiger partial charge in [-0.2, -0.15) is 0 Å². The van der Waals surface area contributed by atoms with Crippen LogP contribution in [0.5, 0.6) is 5.75 Å². The zero-order chi connectivity index (χ0) is 13.1. The van der Waals surface area contributed by atoms with Crippen LogP contribution in [0.3, 0.4) is 0 Å². The van der Waals surface area contributed by atoms with Gasteiger partial charge >= 0.3 is 0 Å². The van der Waals surface area contributed by atoms with Gasteiger partial charge in [0.1, 0.15) is 5.75 Å². The molecule has 0 bridgehead atoms. The molecule has 0 radical (unpaired) electrons. The second kappa shape index (κ2) is 5.14. The predicted molar refractivity (Wildman–Crippen MR) is 70.5 cm³/mol. The first kappa shape index (κ1) is 12.5. The molecule has 1 atom stereocenters. The molecule has 0 saturated carbocycles. The van der Waals surface area contributed by atoms with Crippen LogP contribution >= 0.6 is 0 Å². The molecular formula is C14H17N3O. The minimum absolute atomic E-state index is 0.261. The Kier molecular flexibility index (Phi) is 3.58. The smallest absolute Gasteiger partial charge is 0.122 e. The highest BCUT2D eigenvalue weighted by molar-refractivity contribution is 5.44. The highest BCUT2D eigenvalue weighted by Gasteiger charge is 2.14. The lowest BCUT2D eigenvalue weighted by atomic mass is 9.97. The number of nitrogens with zero attached hydrogens (tertiary/aromatic N) is 2. The molecule has 1 aromatic heterocycles. The number of hydrogen-bond donors (Lipinski definition) is 1. The summed E-state index contributed by atoms with van der Waals surface area (Å²) in [7, 11) is 1.67. The van der Waals surface area contributed by atoms with Crippen molar-refractivity contribution >= 4 is 0 Å². The summed E-state index contributed by atoms with van der Waals surface area (Å²) in [6.45, 7) is 4.03. The average molecular weight is 243 g/mol. The molecule has 1 unspecified atom stereocenters. The number of aromatic nitrogens is 2. The number of hydrogen-bond acceptors (Lipinski definition) is 4. The summed E-state index contributed by atoms with van der Waals surface area (Å²) in [6, 6.07) is 3.79. The van der Waals surface area contributed by atoms with E-state index in [2.05, 4.69) is 9.97 Å². The number of benzene rings is 1. The molecular weight excluding hydrogens is 226 g/mol. The van der Waals surface area contributed by atoms with Gasteiger partial charge in [0.05, 0.1) is 25.0 Å². The van der Waals surface area contributed by atoms with Crippen molar-refractivity contribution in [3.63, 3.8) is 0 Å². The van der Waals surface area contributed by atoms with E-state index in [1.165, 1.54) is 0 Å². The molecule has 0 fully saturated rings. The Hall–Kier alpha value is -1.94. The van der Waals surface area contributed by atoms with E-state index < -0.39 is 0 Å². The molecule has 2 rings (SSSR count). The van der Waals surface area contributed by atoms with Crippen molar-refractivity contribution in [2.24, 2.45) is 5.73 Å². The maximum atomic E-state index is 6.23. The minimum Gasteiger partial charge on any atom is -0.496 e. The van der Waals surface area contributed by atoms with E-state index in [0.29, 0.717) is 0 Å². The van der Waals surface area contributed by atoms with E-state index in [4.69, 9.17) is 10.5 Å². The van der Waals surface area contributed by atoms with Gasteiger partial charge in [0.2, 0.25) is 0 Å². The van der Waals surface area contributed by atoms with Crippen LogP contribution in [0.1, 0.15) is 28.4 Å². The molecule has 0 saturated heterocycles. The lowest BCUT2D eigenvalue weighted by molar-refractivity contribution is 0.411. The SMILES string of the molecule is COc1cc(C)c(C(N)c2cnccn2)cc1C. The van der Waals surface area contributed by atoms with Crippen LogP contribution in [0.25, 0.3) is 0 Å². The maximum absolute atomic E-state index is 6.23. The fourth-order valence-electron chi connectivity index (χ4n) is 2.00. The van der Waals surface area contributed by atoms with Crippen molar-refractivity contribution in [3.8, 4) is 5.75 Å². The summed E-state index contributed by atoms with van der Waals surface area (Å²) >= 11 is 0. The number of aryl methyl sites for hydroxylation is 2. The Morgan fingerprint density at radius 2 is 1.94 bits per heavy atom. The van der Waals surface area contributed by atoms with Crippen LogP contribution in [-0.2, 0) is 0 Å². The van der Waals surface area contributed by atoms with E-state index in [1.54, 1.807) is 25.7 Å². The first-order valence-electron chi connectivity index (χ1n) is 5.80. The van der Waals surface area contributed by atoms with Crippen molar-refractivity contribution in [2.45, 2.75) is 19.9 Å². The molecule has 0 aliphatic carbocycles. The summed E-state index contributed by atoms with van der Waals surface area (Å²) < 4.78 is 5.30. The summed E-state index contributed by atoms with van der Waals surface area (Å²) in [5.74, 6) is 0.877. The van der Waals surface area contributed by atoms with Crippen molar-refractivity contribution in [1.29, 1.82) is 0 Å². The molecule has 2 N–H and O–H groups in total. The van der Waals surface area contributed by atoms with Gasteiger partial charge < -0.3 is 10.5 Å². The van der Waals surface area contributed by atoms with E-state index in [9.17, 15) is 0 Å². The molecule has 4 nitrogen and oxygen atoms in total. The standard InChI is InChI=1S/C14H17N3O/c1-9-7-13(18-3)10(2)6-11(9)14(15)12-8-16-4-5-17-12/h4-8,14H,15H2,1-3H3. The lowest BCUT2D eigenvalue weighted by Gasteiger charge is -2.16. The topological polar surface area (TPSA) is 61.0 Å². The third-order valence-corrected chi connectivity index (χ3v) is 3.02. The third kappa shape index (κ3) is 2.33.